The van der Waals surface area contributed by atoms with Gasteiger partial charge in [0.1, 0.15) is 17.1 Å². The number of fused-ring (bicyclic) bond motifs is 1. The van der Waals surface area contributed by atoms with Gasteiger partial charge in [0.15, 0.2) is 0 Å². The lowest BCUT2D eigenvalue weighted by atomic mass is 9.60. The van der Waals surface area contributed by atoms with Gasteiger partial charge in [-0.05, 0) is 118 Å². The van der Waals surface area contributed by atoms with Crippen LogP contribution in [0.4, 0.5) is 0 Å². The molecule has 1 saturated heterocycles. The Morgan fingerprint density at radius 2 is 1.76 bits per heavy atom. The van der Waals surface area contributed by atoms with Gasteiger partial charge in [-0.25, -0.2) is 0 Å². The SMILES string of the molecule is C=C1/C(=C\C=C2/CCC[C@]3(C)[C@@H]([C@H](C)CC4CC(C)(O)C(=O)N4Cc4cc(OCC)cc(OCC)c4)CC[C@@H]23)C[C@@H](O)[C@H](C)[C@@H]1O. The highest BCUT2D eigenvalue weighted by Crippen LogP contribution is 2.60. The number of rotatable bonds is 10. The molecule has 4 fully saturated rings. The molecule has 254 valence electrons. The first kappa shape index (κ1) is 34.7. The molecule has 5 rings (SSSR count). The average Bonchev–Trinajstić information content (AvgIpc) is 3.46. The number of nitrogens with zero attached hydrogens (tertiary/aromatic N) is 1. The Kier molecular flexibility index (Phi) is 10.5. The second-order valence-corrected chi connectivity index (χ2v) is 15.1. The molecule has 0 spiro atoms. The van der Waals surface area contributed by atoms with Crippen LogP contribution in [0.25, 0.3) is 0 Å². The molecule has 1 aromatic carbocycles. The molecule has 1 amide bonds. The van der Waals surface area contributed by atoms with Crippen molar-refractivity contribution in [2.24, 2.45) is 29.1 Å². The van der Waals surface area contributed by atoms with E-state index >= 15 is 0 Å². The van der Waals surface area contributed by atoms with Crippen LogP contribution in [-0.4, -0.2) is 63.2 Å². The molecule has 9 atom stereocenters. The van der Waals surface area contributed by atoms with Gasteiger partial charge < -0.3 is 29.7 Å². The number of allylic oxidation sites excluding steroid dienone is 3. The van der Waals surface area contributed by atoms with Crippen LogP contribution in [0.3, 0.4) is 0 Å². The third kappa shape index (κ3) is 6.84. The second kappa shape index (κ2) is 13.9. The van der Waals surface area contributed by atoms with Crippen molar-refractivity contribution in [2.45, 2.75) is 123 Å². The first-order valence-corrected chi connectivity index (χ1v) is 17.7. The summed E-state index contributed by atoms with van der Waals surface area (Å²) in [6, 6.07) is 5.79. The van der Waals surface area contributed by atoms with Crippen LogP contribution in [0.5, 0.6) is 11.5 Å². The van der Waals surface area contributed by atoms with Crippen molar-refractivity contribution in [1.29, 1.82) is 0 Å². The minimum atomic E-state index is -1.37. The highest BCUT2D eigenvalue weighted by molar-refractivity contribution is 5.87. The number of amides is 1. The molecule has 2 unspecified atom stereocenters. The van der Waals surface area contributed by atoms with E-state index in [4.69, 9.17) is 9.47 Å². The van der Waals surface area contributed by atoms with Gasteiger partial charge in [-0.1, -0.05) is 45.1 Å². The van der Waals surface area contributed by atoms with E-state index in [0.29, 0.717) is 50.4 Å². The number of aliphatic hydroxyl groups is 3. The van der Waals surface area contributed by atoms with Crippen LogP contribution in [0.15, 0.2) is 53.6 Å². The minimum Gasteiger partial charge on any atom is -0.494 e. The van der Waals surface area contributed by atoms with Crippen LogP contribution in [0, 0.1) is 29.1 Å². The summed E-state index contributed by atoms with van der Waals surface area (Å²) in [7, 11) is 0. The standard InChI is InChI=1S/C39H57NO6/c1-8-45-31-18-27(19-32(21-31)46-9-2)23-40-30(22-39(7,44)37(40)43)17-24(3)33-14-15-34-28(11-10-16-38(33,34)6)12-13-29-20-35(41)26(5)36(42)25(29)4/h12-13,18-19,21,24,26,30,33-36,41-42,44H,4,8-11,14-17,20,22-23H2,1-3,5-7H3/b28-12+,29-13-/t24-,26+,30?,33-,34+,35-,36-,38-,39?/m1/s1. The van der Waals surface area contributed by atoms with Crippen LogP contribution >= 0.6 is 0 Å². The van der Waals surface area contributed by atoms with Gasteiger partial charge in [0.25, 0.3) is 5.91 Å². The lowest BCUT2D eigenvalue weighted by Gasteiger charge is -2.45. The number of aliphatic hydroxyl groups excluding tert-OH is 2. The highest BCUT2D eigenvalue weighted by atomic mass is 16.5. The number of carbonyl (C=O) groups is 1. The van der Waals surface area contributed by atoms with E-state index in [9.17, 15) is 20.1 Å². The van der Waals surface area contributed by atoms with Gasteiger partial charge in [0.2, 0.25) is 0 Å². The summed E-state index contributed by atoms with van der Waals surface area (Å²) in [5.74, 6) is 2.46. The zero-order chi connectivity index (χ0) is 33.4. The fourth-order valence-corrected chi connectivity index (χ4v) is 9.41. The topological polar surface area (TPSA) is 99.5 Å². The number of ether oxygens (including phenoxy) is 2. The normalized spacial score (nSPS) is 37.2. The van der Waals surface area contributed by atoms with Crippen molar-refractivity contribution in [3.05, 3.63) is 59.2 Å². The predicted octanol–water partition coefficient (Wildman–Crippen LogP) is 6.75. The molecule has 7 nitrogen and oxygen atoms in total. The van der Waals surface area contributed by atoms with Gasteiger partial charge in [-0.2, -0.15) is 0 Å². The lowest BCUT2D eigenvalue weighted by Crippen LogP contribution is -2.40. The maximum atomic E-state index is 13.5. The Hall–Kier alpha value is -2.61. The first-order chi connectivity index (χ1) is 21.8. The Morgan fingerprint density at radius 1 is 1.09 bits per heavy atom. The van der Waals surface area contributed by atoms with Crippen molar-refractivity contribution in [3.63, 3.8) is 0 Å². The maximum absolute atomic E-state index is 13.5. The van der Waals surface area contributed by atoms with Crippen molar-refractivity contribution < 1.29 is 29.6 Å². The van der Waals surface area contributed by atoms with Gasteiger partial charge in [-0.15, -0.1) is 0 Å². The van der Waals surface area contributed by atoms with Crippen LogP contribution in [-0.2, 0) is 11.3 Å². The number of likely N-dealkylation sites (tertiary alicyclic amines) is 1. The summed E-state index contributed by atoms with van der Waals surface area (Å²) < 4.78 is 11.6. The zero-order valence-electron chi connectivity index (χ0n) is 28.9. The molecule has 1 aromatic rings. The maximum Gasteiger partial charge on any atom is 0.254 e. The Morgan fingerprint density at radius 3 is 2.41 bits per heavy atom. The van der Waals surface area contributed by atoms with Crippen molar-refractivity contribution >= 4 is 5.91 Å². The van der Waals surface area contributed by atoms with Crippen LogP contribution < -0.4 is 9.47 Å². The number of benzene rings is 1. The Bertz CT molecular complexity index is 1320. The number of carbonyl (C=O) groups excluding carboxylic acids is 1. The molecule has 1 heterocycles. The molecule has 3 saturated carbocycles. The van der Waals surface area contributed by atoms with E-state index in [1.165, 1.54) is 12.0 Å². The molecule has 3 aliphatic carbocycles. The zero-order valence-corrected chi connectivity index (χ0v) is 28.9. The lowest BCUT2D eigenvalue weighted by molar-refractivity contribution is -0.142. The molecular weight excluding hydrogens is 578 g/mol. The molecule has 4 aliphatic rings. The van der Waals surface area contributed by atoms with Crippen molar-refractivity contribution in [1.82, 2.24) is 4.90 Å². The fraction of sp³-hybridized carbons (Fsp3) is 0.667. The average molecular weight is 636 g/mol. The molecule has 46 heavy (non-hydrogen) atoms. The highest BCUT2D eigenvalue weighted by Gasteiger charge is 2.53. The summed E-state index contributed by atoms with van der Waals surface area (Å²) in [5.41, 5.74) is 2.91. The van der Waals surface area contributed by atoms with Gasteiger partial charge >= 0.3 is 0 Å². The Balaban J connectivity index is 1.32. The third-order valence-electron chi connectivity index (χ3n) is 11.9. The summed E-state index contributed by atoms with van der Waals surface area (Å²) in [4.78, 5) is 15.4. The second-order valence-electron chi connectivity index (χ2n) is 15.1. The third-order valence-corrected chi connectivity index (χ3v) is 11.9. The van der Waals surface area contributed by atoms with Gasteiger partial charge in [0.05, 0.1) is 25.4 Å². The van der Waals surface area contributed by atoms with E-state index in [-0.39, 0.29) is 23.3 Å². The fourth-order valence-electron chi connectivity index (χ4n) is 9.41. The number of hydrogen-bond acceptors (Lipinski definition) is 6. The molecule has 0 radical (unpaired) electrons. The quantitative estimate of drug-likeness (QED) is 0.263. The smallest absolute Gasteiger partial charge is 0.254 e. The molecule has 1 aliphatic heterocycles. The summed E-state index contributed by atoms with van der Waals surface area (Å²) in [6.07, 6.45) is 10.7. The predicted molar refractivity (Wildman–Crippen MR) is 181 cm³/mol. The molecule has 3 N–H and O–H groups in total. The summed E-state index contributed by atoms with van der Waals surface area (Å²) in [5, 5.41) is 32.2. The van der Waals surface area contributed by atoms with Crippen molar-refractivity contribution in [3.8, 4) is 11.5 Å². The van der Waals surface area contributed by atoms with E-state index in [0.717, 1.165) is 60.3 Å². The van der Waals surface area contributed by atoms with Gasteiger partial charge in [-0.3, -0.25) is 4.79 Å². The van der Waals surface area contributed by atoms with Gasteiger partial charge in [0, 0.05) is 31.0 Å². The van der Waals surface area contributed by atoms with E-state index in [1.807, 2.05) is 43.9 Å². The summed E-state index contributed by atoms with van der Waals surface area (Å²) >= 11 is 0. The first-order valence-electron chi connectivity index (χ1n) is 17.7. The molecule has 0 aromatic heterocycles. The van der Waals surface area contributed by atoms with E-state index in [1.54, 1.807) is 6.92 Å². The number of hydrogen-bond donors (Lipinski definition) is 3. The summed E-state index contributed by atoms with van der Waals surface area (Å²) in [6.45, 7) is 17.9. The monoisotopic (exact) mass is 635 g/mol. The van der Waals surface area contributed by atoms with Crippen LogP contribution in [0.2, 0.25) is 0 Å². The Labute approximate surface area is 276 Å². The minimum absolute atomic E-state index is 0.0488. The molecule has 7 heteroatoms. The van der Waals surface area contributed by atoms with Crippen molar-refractivity contribution in [2.75, 3.05) is 13.2 Å². The largest absolute Gasteiger partial charge is 0.494 e. The van der Waals surface area contributed by atoms with E-state index in [2.05, 4.69) is 32.6 Å². The molecular formula is C39H57NO6. The molecule has 0 bridgehead atoms. The van der Waals surface area contributed by atoms with E-state index < -0.39 is 17.8 Å². The van der Waals surface area contributed by atoms with Crippen LogP contribution in [0.1, 0.15) is 98.5 Å².